The van der Waals surface area contributed by atoms with E-state index in [1.807, 2.05) is 6.07 Å². The summed E-state index contributed by atoms with van der Waals surface area (Å²) < 4.78 is 18.8. The number of nitrogens with zero attached hydrogens (tertiary/aromatic N) is 2. The van der Waals surface area contributed by atoms with Crippen LogP contribution < -0.4 is 10.1 Å². The second-order valence-corrected chi connectivity index (χ2v) is 7.68. The minimum absolute atomic E-state index is 0.0215. The summed E-state index contributed by atoms with van der Waals surface area (Å²) in [6, 6.07) is 5.00. The van der Waals surface area contributed by atoms with Crippen molar-refractivity contribution >= 4 is 11.8 Å². The van der Waals surface area contributed by atoms with E-state index in [0.717, 1.165) is 44.3 Å². The average molecular weight is 391 g/mol. The van der Waals surface area contributed by atoms with Crippen molar-refractivity contribution in [2.45, 2.75) is 38.6 Å². The van der Waals surface area contributed by atoms with Crippen LogP contribution in [0.3, 0.4) is 0 Å². The number of carbonyl (C=O) groups is 2. The molecule has 28 heavy (non-hydrogen) atoms. The Hall–Kier alpha value is -2.15. The molecule has 2 amide bonds. The number of halogens is 1. The third kappa shape index (κ3) is 5.44. The summed E-state index contributed by atoms with van der Waals surface area (Å²) in [6.45, 7) is 3.43. The van der Waals surface area contributed by atoms with Crippen molar-refractivity contribution in [3.8, 4) is 5.75 Å². The molecular formula is C21H30FN3O3. The maximum absolute atomic E-state index is 13.8. The van der Waals surface area contributed by atoms with Crippen molar-refractivity contribution in [1.82, 2.24) is 15.1 Å². The van der Waals surface area contributed by atoms with Gasteiger partial charge in [0.25, 0.3) is 0 Å². The smallest absolute Gasteiger partial charge is 0.242 e. The monoisotopic (exact) mass is 391 g/mol. The highest BCUT2D eigenvalue weighted by molar-refractivity contribution is 5.85. The van der Waals surface area contributed by atoms with Crippen LogP contribution in [0.5, 0.6) is 5.75 Å². The van der Waals surface area contributed by atoms with Gasteiger partial charge in [-0.1, -0.05) is 25.3 Å². The number of rotatable bonds is 6. The quantitative estimate of drug-likeness (QED) is 0.807. The molecule has 0 bridgehead atoms. The molecule has 1 N–H and O–H groups in total. The highest BCUT2D eigenvalue weighted by Gasteiger charge is 2.24. The predicted molar refractivity (Wildman–Crippen MR) is 104 cm³/mol. The van der Waals surface area contributed by atoms with Gasteiger partial charge in [-0.2, -0.15) is 0 Å². The van der Waals surface area contributed by atoms with Gasteiger partial charge in [0.15, 0.2) is 11.6 Å². The Balaban J connectivity index is 1.40. The summed E-state index contributed by atoms with van der Waals surface area (Å²) in [5.41, 5.74) is 0.887. The van der Waals surface area contributed by atoms with E-state index in [2.05, 4.69) is 10.2 Å². The van der Waals surface area contributed by atoms with Crippen molar-refractivity contribution in [3.05, 3.63) is 29.6 Å². The lowest BCUT2D eigenvalue weighted by Gasteiger charge is -2.35. The molecule has 1 aromatic carbocycles. The fraction of sp³-hybridized carbons (Fsp3) is 0.619. The van der Waals surface area contributed by atoms with E-state index in [9.17, 15) is 14.0 Å². The number of carbonyl (C=O) groups excluding carboxylic acids is 2. The SMILES string of the molecule is COc1ccc(CN2CCN(C(=O)CNC(=O)C3CCCCC3)CC2)cc1F. The zero-order chi connectivity index (χ0) is 19.9. The molecule has 2 fully saturated rings. The Bertz CT molecular complexity index is 683. The Morgan fingerprint density at radius 1 is 1.14 bits per heavy atom. The molecule has 0 radical (unpaired) electrons. The van der Waals surface area contributed by atoms with Gasteiger partial charge in [-0.3, -0.25) is 14.5 Å². The summed E-state index contributed by atoms with van der Waals surface area (Å²) >= 11 is 0. The van der Waals surface area contributed by atoms with Crippen LogP contribution in [0.15, 0.2) is 18.2 Å². The second-order valence-electron chi connectivity index (χ2n) is 7.68. The zero-order valence-electron chi connectivity index (χ0n) is 16.6. The second kappa shape index (κ2) is 9.87. The molecular weight excluding hydrogens is 361 g/mol. The van der Waals surface area contributed by atoms with Crippen LogP contribution in [0.25, 0.3) is 0 Å². The predicted octanol–water partition coefficient (Wildman–Crippen LogP) is 2.17. The van der Waals surface area contributed by atoms with Gasteiger partial charge in [0.05, 0.1) is 13.7 Å². The summed E-state index contributed by atoms with van der Waals surface area (Å²) in [5.74, 6) is -0.0484. The van der Waals surface area contributed by atoms with Gasteiger partial charge in [-0.05, 0) is 30.5 Å². The topological polar surface area (TPSA) is 61.9 Å². The summed E-state index contributed by atoms with van der Waals surface area (Å²) in [7, 11) is 1.45. The standard InChI is InChI=1S/C21H30FN3O3/c1-28-19-8-7-16(13-18(19)22)15-24-9-11-25(12-10-24)20(26)14-23-21(27)17-5-3-2-4-6-17/h7-8,13,17H,2-6,9-12,14-15H2,1H3,(H,23,27). The fourth-order valence-electron chi connectivity index (χ4n) is 4.01. The van der Waals surface area contributed by atoms with Crippen molar-refractivity contribution in [2.24, 2.45) is 5.92 Å². The maximum Gasteiger partial charge on any atom is 0.242 e. The van der Waals surface area contributed by atoms with Crippen LogP contribution in [0, 0.1) is 11.7 Å². The third-order valence-electron chi connectivity index (χ3n) is 5.74. The molecule has 1 aliphatic heterocycles. The molecule has 6 nitrogen and oxygen atoms in total. The van der Waals surface area contributed by atoms with Crippen LogP contribution in [-0.4, -0.2) is 61.4 Å². The Kier molecular flexibility index (Phi) is 7.25. The van der Waals surface area contributed by atoms with Gasteiger partial charge < -0.3 is 15.0 Å². The van der Waals surface area contributed by atoms with E-state index in [4.69, 9.17) is 4.74 Å². The van der Waals surface area contributed by atoms with Crippen molar-refractivity contribution in [3.63, 3.8) is 0 Å². The van der Waals surface area contributed by atoms with Gasteiger partial charge in [-0.25, -0.2) is 4.39 Å². The molecule has 2 aliphatic rings. The molecule has 1 aliphatic carbocycles. The highest BCUT2D eigenvalue weighted by atomic mass is 19.1. The van der Waals surface area contributed by atoms with Crippen LogP contribution in [0.2, 0.25) is 0 Å². The molecule has 154 valence electrons. The van der Waals surface area contributed by atoms with Crippen molar-refractivity contribution < 1.29 is 18.7 Å². The molecule has 1 saturated heterocycles. The first-order valence-corrected chi connectivity index (χ1v) is 10.2. The molecule has 0 atom stereocenters. The summed E-state index contributed by atoms with van der Waals surface area (Å²) in [4.78, 5) is 28.6. The number of benzene rings is 1. The first-order valence-electron chi connectivity index (χ1n) is 10.2. The lowest BCUT2D eigenvalue weighted by atomic mass is 9.89. The number of methoxy groups -OCH3 is 1. The van der Waals surface area contributed by atoms with Crippen LogP contribution in [-0.2, 0) is 16.1 Å². The summed E-state index contributed by atoms with van der Waals surface area (Å²) in [5, 5.41) is 2.82. The van der Waals surface area contributed by atoms with Gasteiger partial charge in [0.1, 0.15) is 0 Å². The highest BCUT2D eigenvalue weighted by Crippen LogP contribution is 2.23. The van der Waals surface area contributed by atoms with E-state index < -0.39 is 0 Å². The van der Waals surface area contributed by atoms with Crippen molar-refractivity contribution in [2.75, 3.05) is 39.8 Å². The van der Waals surface area contributed by atoms with Crippen LogP contribution in [0.4, 0.5) is 4.39 Å². The van der Waals surface area contributed by atoms with Gasteiger partial charge >= 0.3 is 0 Å². The first-order chi connectivity index (χ1) is 13.6. The molecule has 1 aromatic rings. The van der Waals surface area contributed by atoms with Gasteiger partial charge in [0, 0.05) is 38.6 Å². The average Bonchev–Trinajstić information content (AvgIpc) is 2.73. The van der Waals surface area contributed by atoms with Gasteiger partial charge in [0.2, 0.25) is 11.8 Å². The number of hydrogen-bond acceptors (Lipinski definition) is 4. The van der Waals surface area contributed by atoms with Crippen LogP contribution in [0.1, 0.15) is 37.7 Å². The lowest BCUT2D eigenvalue weighted by molar-refractivity contribution is -0.135. The molecule has 0 aromatic heterocycles. The molecule has 3 rings (SSSR count). The molecule has 7 heteroatoms. The van der Waals surface area contributed by atoms with E-state index in [1.165, 1.54) is 19.6 Å². The van der Waals surface area contributed by atoms with E-state index in [-0.39, 0.29) is 35.8 Å². The Morgan fingerprint density at radius 2 is 1.86 bits per heavy atom. The van der Waals surface area contributed by atoms with E-state index in [1.54, 1.807) is 11.0 Å². The van der Waals surface area contributed by atoms with Crippen molar-refractivity contribution in [1.29, 1.82) is 0 Å². The number of ether oxygens (including phenoxy) is 1. The molecule has 0 spiro atoms. The fourth-order valence-corrected chi connectivity index (χ4v) is 4.01. The van der Waals surface area contributed by atoms with Gasteiger partial charge in [-0.15, -0.1) is 0 Å². The first kappa shape index (κ1) is 20.6. The van der Waals surface area contributed by atoms with E-state index in [0.29, 0.717) is 19.6 Å². The Labute approximate surface area is 166 Å². The minimum Gasteiger partial charge on any atom is -0.494 e. The largest absolute Gasteiger partial charge is 0.494 e. The normalized spacial score (nSPS) is 18.7. The number of nitrogens with one attached hydrogen (secondary N) is 1. The Morgan fingerprint density at radius 3 is 2.50 bits per heavy atom. The van der Waals surface area contributed by atoms with E-state index >= 15 is 0 Å². The number of amides is 2. The minimum atomic E-state index is -0.359. The summed E-state index contributed by atoms with van der Waals surface area (Å²) in [6.07, 6.45) is 5.28. The molecule has 1 saturated carbocycles. The molecule has 0 unspecified atom stereocenters. The zero-order valence-corrected chi connectivity index (χ0v) is 16.6. The number of piperazine rings is 1. The lowest BCUT2D eigenvalue weighted by Crippen LogP contribution is -2.51. The molecule has 1 heterocycles. The third-order valence-corrected chi connectivity index (χ3v) is 5.74. The number of hydrogen-bond donors (Lipinski definition) is 1. The van der Waals surface area contributed by atoms with Crippen LogP contribution >= 0.6 is 0 Å². The maximum atomic E-state index is 13.8.